The van der Waals surface area contributed by atoms with Gasteiger partial charge in [0.05, 0.1) is 36.5 Å². The largest absolute Gasteiger partial charge is 0.490 e. The van der Waals surface area contributed by atoms with Crippen molar-refractivity contribution in [1.29, 1.82) is 0 Å². The molecule has 32 heavy (non-hydrogen) atoms. The summed E-state index contributed by atoms with van der Waals surface area (Å²) >= 11 is 0. The molecule has 1 aromatic heterocycles. The summed E-state index contributed by atoms with van der Waals surface area (Å²) in [7, 11) is 0. The number of hydrogen-bond donors (Lipinski definition) is 1. The fraction of sp³-hybridized carbons (Fsp3) is 0.400. The molecule has 0 radical (unpaired) electrons. The van der Waals surface area contributed by atoms with Crippen molar-refractivity contribution >= 4 is 16.8 Å². The van der Waals surface area contributed by atoms with Gasteiger partial charge in [0.15, 0.2) is 11.5 Å². The zero-order chi connectivity index (χ0) is 22.9. The number of rotatable bonds is 11. The van der Waals surface area contributed by atoms with Gasteiger partial charge >= 0.3 is 0 Å². The molecule has 0 fully saturated rings. The molecule has 0 aliphatic heterocycles. The van der Waals surface area contributed by atoms with E-state index in [0.717, 1.165) is 18.4 Å². The van der Waals surface area contributed by atoms with Crippen LogP contribution in [0.2, 0.25) is 0 Å². The number of aromatic nitrogens is 2. The van der Waals surface area contributed by atoms with E-state index in [4.69, 9.17) is 9.47 Å². The summed E-state index contributed by atoms with van der Waals surface area (Å²) in [5.74, 6) is 1.26. The Bertz CT molecular complexity index is 1110. The van der Waals surface area contributed by atoms with Crippen molar-refractivity contribution in [2.75, 3.05) is 13.2 Å². The molecule has 0 saturated heterocycles. The van der Waals surface area contributed by atoms with Crippen molar-refractivity contribution < 1.29 is 14.3 Å². The third-order valence-corrected chi connectivity index (χ3v) is 5.08. The molecular formula is C25H31N3O4. The Morgan fingerprint density at radius 3 is 2.53 bits per heavy atom. The van der Waals surface area contributed by atoms with E-state index in [1.54, 1.807) is 18.2 Å². The second kappa shape index (κ2) is 11.3. The Hall–Kier alpha value is -3.35. The lowest BCUT2D eigenvalue weighted by Crippen LogP contribution is -2.29. The number of amides is 1. The van der Waals surface area contributed by atoms with Crippen molar-refractivity contribution in [3.63, 3.8) is 0 Å². The lowest BCUT2D eigenvalue weighted by molar-refractivity contribution is -0.121. The van der Waals surface area contributed by atoms with Crippen LogP contribution in [0.15, 0.2) is 53.6 Å². The summed E-state index contributed by atoms with van der Waals surface area (Å²) in [5, 5.41) is 3.55. The minimum atomic E-state index is -0.210. The van der Waals surface area contributed by atoms with Gasteiger partial charge in [-0.1, -0.05) is 32.0 Å². The van der Waals surface area contributed by atoms with Gasteiger partial charge in [-0.05, 0) is 49.6 Å². The summed E-state index contributed by atoms with van der Waals surface area (Å²) in [4.78, 5) is 29.4. The Morgan fingerprint density at radius 2 is 1.78 bits per heavy atom. The van der Waals surface area contributed by atoms with Crippen molar-refractivity contribution in [2.24, 2.45) is 0 Å². The van der Waals surface area contributed by atoms with Crippen LogP contribution in [0.4, 0.5) is 0 Å². The Balaban J connectivity index is 1.63. The number of carbonyl (C=O) groups excluding carboxylic acids is 1. The maximum atomic E-state index is 12.6. The Morgan fingerprint density at radius 1 is 1.06 bits per heavy atom. The first-order valence-electron chi connectivity index (χ1n) is 11.2. The lowest BCUT2D eigenvalue weighted by Gasteiger charge is -2.18. The molecule has 7 heteroatoms. The molecule has 2 aromatic carbocycles. The fourth-order valence-electron chi connectivity index (χ4n) is 3.33. The molecular weight excluding hydrogens is 406 g/mol. The van der Waals surface area contributed by atoms with Crippen molar-refractivity contribution in [1.82, 2.24) is 14.9 Å². The monoisotopic (exact) mass is 437 g/mol. The van der Waals surface area contributed by atoms with E-state index in [0.29, 0.717) is 35.6 Å². The van der Waals surface area contributed by atoms with E-state index in [9.17, 15) is 9.59 Å². The number of aryl methyl sites for hydroxylation is 1. The van der Waals surface area contributed by atoms with Crippen LogP contribution in [0, 0.1) is 0 Å². The maximum absolute atomic E-state index is 12.6. The Labute approximate surface area is 188 Å². The van der Waals surface area contributed by atoms with Crippen molar-refractivity contribution in [3.05, 3.63) is 64.7 Å². The first kappa shape index (κ1) is 23.3. The highest BCUT2D eigenvalue weighted by molar-refractivity contribution is 5.77. The standard InChI is InChI=1S/C25H31N3O4/c1-4-14-31-22-11-10-19(16-23(22)32-15-5-2)18(3)27-24(29)12-13-28-17-26-21-9-7-6-8-20(21)25(28)30/h6-11,16-18H,4-5,12-15H2,1-3H3,(H,27,29). The number of benzene rings is 2. The Kier molecular flexibility index (Phi) is 8.25. The minimum absolute atomic E-state index is 0.139. The third kappa shape index (κ3) is 5.87. The molecule has 1 amide bonds. The first-order chi connectivity index (χ1) is 15.5. The van der Waals surface area contributed by atoms with E-state index in [2.05, 4.69) is 24.1 Å². The predicted octanol–water partition coefficient (Wildman–Crippen LogP) is 4.24. The van der Waals surface area contributed by atoms with E-state index in [1.165, 1.54) is 10.9 Å². The quantitative estimate of drug-likeness (QED) is 0.485. The van der Waals surface area contributed by atoms with Gasteiger partial charge in [-0.15, -0.1) is 0 Å². The molecule has 170 valence electrons. The zero-order valence-electron chi connectivity index (χ0n) is 19.0. The predicted molar refractivity (Wildman–Crippen MR) is 125 cm³/mol. The molecule has 1 atom stereocenters. The van der Waals surface area contributed by atoms with Crippen LogP contribution in [-0.4, -0.2) is 28.7 Å². The highest BCUT2D eigenvalue weighted by Crippen LogP contribution is 2.31. The summed E-state index contributed by atoms with van der Waals surface area (Å²) in [6.45, 7) is 7.52. The van der Waals surface area contributed by atoms with E-state index < -0.39 is 0 Å². The molecule has 3 aromatic rings. The van der Waals surface area contributed by atoms with Crippen molar-refractivity contribution in [2.45, 2.75) is 52.6 Å². The molecule has 0 saturated carbocycles. The second-order valence-electron chi connectivity index (χ2n) is 7.70. The van der Waals surface area contributed by atoms with Gasteiger partial charge in [0.25, 0.3) is 5.56 Å². The molecule has 3 rings (SSSR count). The average Bonchev–Trinajstić information content (AvgIpc) is 2.81. The van der Waals surface area contributed by atoms with Gasteiger partial charge in [0, 0.05) is 13.0 Å². The summed E-state index contributed by atoms with van der Waals surface area (Å²) in [5.41, 5.74) is 1.44. The first-order valence-corrected chi connectivity index (χ1v) is 11.2. The van der Waals surface area contributed by atoms with Crippen molar-refractivity contribution in [3.8, 4) is 11.5 Å². The van der Waals surface area contributed by atoms with Crippen LogP contribution in [0.5, 0.6) is 11.5 Å². The highest BCUT2D eigenvalue weighted by Gasteiger charge is 2.14. The lowest BCUT2D eigenvalue weighted by atomic mass is 10.1. The topological polar surface area (TPSA) is 82.5 Å². The SMILES string of the molecule is CCCOc1ccc(C(C)NC(=O)CCn2cnc3ccccc3c2=O)cc1OCCC. The highest BCUT2D eigenvalue weighted by atomic mass is 16.5. The van der Waals surface area contributed by atoms with E-state index in [1.807, 2.05) is 31.2 Å². The zero-order valence-corrected chi connectivity index (χ0v) is 19.0. The number of nitrogens with zero attached hydrogens (tertiary/aromatic N) is 2. The van der Waals surface area contributed by atoms with Gasteiger partial charge in [-0.25, -0.2) is 4.98 Å². The van der Waals surface area contributed by atoms with Crippen LogP contribution in [0.3, 0.4) is 0 Å². The number of fused-ring (bicyclic) bond motifs is 1. The number of para-hydroxylation sites is 1. The third-order valence-electron chi connectivity index (χ3n) is 5.08. The fourth-order valence-corrected chi connectivity index (χ4v) is 3.33. The van der Waals surface area contributed by atoms with E-state index >= 15 is 0 Å². The van der Waals surface area contributed by atoms with Gasteiger partial charge in [-0.2, -0.15) is 0 Å². The molecule has 1 N–H and O–H groups in total. The summed E-state index contributed by atoms with van der Waals surface area (Å²) < 4.78 is 13.1. The maximum Gasteiger partial charge on any atom is 0.261 e. The second-order valence-corrected chi connectivity index (χ2v) is 7.70. The molecule has 0 spiro atoms. The van der Waals surface area contributed by atoms with Gasteiger partial charge in [0.1, 0.15) is 0 Å². The number of ether oxygens (including phenoxy) is 2. The molecule has 0 aliphatic carbocycles. The molecule has 7 nitrogen and oxygen atoms in total. The van der Waals surface area contributed by atoms with Crippen LogP contribution in [0.1, 0.15) is 51.6 Å². The molecule has 0 aliphatic rings. The van der Waals surface area contributed by atoms with Crippen LogP contribution in [0.25, 0.3) is 10.9 Å². The number of carbonyl (C=O) groups is 1. The van der Waals surface area contributed by atoms with Crippen LogP contribution in [-0.2, 0) is 11.3 Å². The number of hydrogen-bond acceptors (Lipinski definition) is 5. The van der Waals surface area contributed by atoms with Crippen LogP contribution >= 0.6 is 0 Å². The summed E-state index contributed by atoms with van der Waals surface area (Å²) in [6, 6.07) is 12.7. The molecule has 1 unspecified atom stereocenters. The molecule has 1 heterocycles. The van der Waals surface area contributed by atoms with Crippen LogP contribution < -0.4 is 20.3 Å². The normalized spacial score (nSPS) is 11.8. The minimum Gasteiger partial charge on any atom is -0.490 e. The van der Waals surface area contributed by atoms with Gasteiger partial charge in [0.2, 0.25) is 5.91 Å². The van der Waals surface area contributed by atoms with Gasteiger partial charge in [-0.3, -0.25) is 14.2 Å². The summed E-state index contributed by atoms with van der Waals surface area (Å²) in [6.07, 6.45) is 3.48. The number of nitrogens with one attached hydrogen (secondary N) is 1. The molecule has 0 bridgehead atoms. The smallest absolute Gasteiger partial charge is 0.261 e. The van der Waals surface area contributed by atoms with Gasteiger partial charge < -0.3 is 14.8 Å². The van der Waals surface area contributed by atoms with E-state index in [-0.39, 0.29) is 30.5 Å². The average molecular weight is 438 g/mol.